The van der Waals surface area contributed by atoms with Gasteiger partial charge in [-0.1, -0.05) is 25.1 Å². The summed E-state index contributed by atoms with van der Waals surface area (Å²) in [7, 11) is 0. The normalized spacial score (nSPS) is 10.1. The largest absolute Gasteiger partial charge is 0.491 e. The molecule has 4 nitrogen and oxygen atoms in total. The van der Waals surface area contributed by atoms with Crippen LogP contribution in [0.25, 0.3) is 0 Å². The quantitative estimate of drug-likeness (QED) is 0.769. The summed E-state index contributed by atoms with van der Waals surface area (Å²) >= 11 is 0. The molecule has 0 aromatic heterocycles. The Morgan fingerprint density at radius 2 is 1.89 bits per heavy atom. The van der Waals surface area contributed by atoms with Gasteiger partial charge in [0, 0.05) is 13.1 Å². The lowest BCUT2D eigenvalue weighted by atomic mass is 10.1. The first-order valence-corrected chi connectivity index (χ1v) is 6.96. The molecule has 0 fully saturated rings. The molecule has 1 rings (SSSR count). The predicted octanol–water partition coefficient (Wildman–Crippen LogP) is 2.68. The molecule has 0 atom stereocenters. The van der Waals surface area contributed by atoms with E-state index in [-0.39, 0.29) is 6.03 Å². The number of nitrogens with zero attached hydrogens (tertiary/aromatic N) is 1. The summed E-state index contributed by atoms with van der Waals surface area (Å²) < 4.78 is 5.69. The van der Waals surface area contributed by atoms with Crippen molar-refractivity contribution in [2.24, 2.45) is 0 Å². The Morgan fingerprint density at radius 1 is 1.21 bits per heavy atom. The molecule has 0 bridgehead atoms. The van der Waals surface area contributed by atoms with Crippen molar-refractivity contribution < 1.29 is 9.53 Å². The van der Waals surface area contributed by atoms with Gasteiger partial charge in [-0.25, -0.2) is 4.79 Å². The van der Waals surface area contributed by atoms with Crippen LogP contribution in [0.2, 0.25) is 0 Å². The van der Waals surface area contributed by atoms with Crippen molar-refractivity contribution in [3.8, 4) is 5.75 Å². The molecule has 1 aromatic carbocycles. The van der Waals surface area contributed by atoms with Crippen molar-refractivity contribution >= 4 is 6.03 Å². The first-order valence-electron chi connectivity index (χ1n) is 6.96. The fourth-order valence-electron chi connectivity index (χ4n) is 1.88. The van der Waals surface area contributed by atoms with Gasteiger partial charge in [0.25, 0.3) is 0 Å². The van der Waals surface area contributed by atoms with E-state index >= 15 is 0 Å². The molecule has 1 aromatic rings. The van der Waals surface area contributed by atoms with Crippen molar-refractivity contribution in [1.29, 1.82) is 0 Å². The molecule has 1 N–H and O–H groups in total. The maximum atomic E-state index is 11.7. The fourth-order valence-corrected chi connectivity index (χ4v) is 1.88. The van der Waals surface area contributed by atoms with E-state index in [0.717, 1.165) is 25.3 Å². The lowest BCUT2D eigenvalue weighted by molar-refractivity contribution is 0.200. The molecule has 0 aliphatic heterocycles. The van der Waals surface area contributed by atoms with Crippen molar-refractivity contribution in [3.05, 3.63) is 29.8 Å². The maximum absolute atomic E-state index is 11.7. The molecule has 0 radical (unpaired) electrons. The number of nitrogens with one attached hydrogen (secondary N) is 1. The zero-order chi connectivity index (χ0) is 14.1. The van der Waals surface area contributed by atoms with E-state index in [1.54, 1.807) is 4.90 Å². The number of ether oxygens (including phenoxy) is 1. The SMILES string of the molecule is CCc1ccccc1OCCNC(=O)N(CC)CC. The Hall–Kier alpha value is -1.71. The van der Waals surface area contributed by atoms with E-state index in [9.17, 15) is 4.79 Å². The Labute approximate surface area is 115 Å². The lowest BCUT2D eigenvalue weighted by Crippen LogP contribution is -2.41. The number of amides is 2. The van der Waals surface area contributed by atoms with Crippen LogP contribution in [0.3, 0.4) is 0 Å². The van der Waals surface area contributed by atoms with Gasteiger partial charge in [-0.2, -0.15) is 0 Å². The van der Waals surface area contributed by atoms with Gasteiger partial charge in [0.05, 0.1) is 6.54 Å². The summed E-state index contributed by atoms with van der Waals surface area (Å²) in [6, 6.07) is 7.96. The zero-order valence-corrected chi connectivity index (χ0v) is 12.1. The van der Waals surface area contributed by atoms with Crippen LogP contribution in [-0.2, 0) is 6.42 Å². The lowest BCUT2D eigenvalue weighted by Gasteiger charge is -2.19. The van der Waals surface area contributed by atoms with Gasteiger partial charge in [0.1, 0.15) is 12.4 Å². The minimum absolute atomic E-state index is 0.0302. The van der Waals surface area contributed by atoms with E-state index in [4.69, 9.17) is 4.74 Å². The van der Waals surface area contributed by atoms with Gasteiger partial charge >= 0.3 is 6.03 Å². The maximum Gasteiger partial charge on any atom is 0.317 e. The van der Waals surface area contributed by atoms with Crippen LogP contribution in [0.15, 0.2) is 24.3 Å². The van der Waals surface area contributed by atoms with Crippen LogP contribution >= 0.6 is 0 Å². The third-order valence-corrected chi connectivity index (χ3v) is 3.04. The molecule has 0 spiro atoms. The number of carbonyl (C=O) groups excluding carboxylic acids is 1. The van der Waals surface area contributed by atoms with E-state index in [2.05, 4.69) is 18.3 Å². The molecule has 0 saturated heterocycles. The van der Waals surface area contributed by atoms with Gasteiger partial charge < -0.3 is 15.0 Å². The second-order valence-corrected chi connectivity index (χ2v) is 4.21. The Morgan fingerprint density at radius 3 is 2.53 bits per heavy atom. The molecule has 4 heteroatoms. The molecule has 0 heterocycles. The summed E-state index contributed by atoms with van der Waals surface area (Å²) in [4.78, 5) is 13.4. The Balaban J connectivity index is 2.33. The second kappa shape index (κ2) is 8.40. The smallest absolute Gasteiger partial charge is 0.317 e. The number of urea groups is 1. The molecular formula is C15H24N2O2. The average Bonchev–Trinajstić information content (AvgIpc) is 2.45. The van der Waals surface area contributed by atoms with Gasteiger partial charge in [0.2, 0.25) is 0 Å². The number of carbonyl (C=O) groups is 1. The Bertz CT molecular complexity index is 389. The number of hydrogen-bond acceptors (Lipinski definition) is 2. The molecule has 0 unspecified atom stereocenters. The Kier molecular flexibility index (Phi) is 6.79. The minimum atomic E-state index is -0.0302. The van der Waals surface area contributed by atoms with Crippen LogP contribution in [0, 0.1) is 0 Å². The molecular weight excluding hydrogens is 240 g/mol. The predicted molar refractivity (Wildman–Crippen MR) is 77.6 cm³/mol. The van der Waals surface area contributed by atoms with Crippen LogP contribution in [0.4, 0.5) is 4.79 Å². The van der Waals surface area contributed by atoms with Crippen molar-refractivity contribution in [3.63, 3.8) is 0 Å². The van der Waals surface area contributed by atoms with E-state index < -0.39 is 0 Å². The van der Waals surface area contributed by atoms with Crippen LogP contribution in [0.5, 0.6) is 5.75 Å². The molecule has 2 amide bonds. The molecule has 106 valence electrons. The number of hydrogen-bond donors (Lipinski definition) is 1. The van der Waals surface area contributed by atoms with Gasteiger partial charge in [-0.3, -0.25) is 0 Å². The van der Waals surface area contributed by atoms with Crippen LogP contribution < -0.4 is 10.1 Å². The summed E-state index contributed by atoms with van der Waals surface area (Å²) in [6.45, 7) is 8.50. The van der Waals surface area contributed by atoms with E-state index in [1.165, 1.54) is 5.56 Å². The summed E-state index contributed by atoms with van der Waals surface area (Å²) in [6.07, 6.45) is 0.946. The summed E-state index contributed by atoms with van der Waals surface area (Å²) in [5.74, 6) is 0.905. The molecule has 0 aliphatic carbocycles. The summed E-state index contributed by atoms with van der Waals surface area (Å²) in [5.41, 5.74) is 1.19. The van der Waals surface area contributed by atoms with Gasteiger partial charge in [-0.05, 0) is 31.9 Å². The van der Waals surface area contributed by atoms with Crippen LogP contribution in [-0.4, -0.2) is 37.2 Å². The minimum Gasteiger partial charge on any atom is -0.491 e. The van der Waals surface area contributed by atoms with Crippen molar-refractivity contribution in [2.45, 2.75) is 27.2 Å². The average molecular weight is 264 g/mol. The number of para-hydroxylation sites is 1. The topological polar surface area (TPSA) is 41.6 Å². The summed E-state index contributed by atoms with van der Waals surface area (Å²) in [5, 5.41) is 2.85. The molecule has 0 saturated carbocycles. The molecule has 0 aliphatic rings. The first-order chi connectivity index (χ1) is 9.22. The monoisotopic (exact) mass is 264 g/mol. The number of aryl methyl sites for hydroxylation is 1. The highest BCUT2D eigenvalue weighted by atomic mass is 16.5. The molecule has 19 heavy (non-hydrogen) atoms. The standard InChI is InChI=1S/C15H24N2O2/c1-4-13-9-7-8-10-14(13)19-12-11-16-15(18)17(5-2)6-3/h7-10H,4-6,11-12H2,1-3H3,(H,16,18). The van der Waals surface area contributed by atoms with Gasteiger partial charge in [0.15, 0.2) is 0 Å². The highest BCUT2D eigenvalue weighted by Gasteiger charge is 2.07. The zero-order valence-electron chi connectivity index (χ0n) is 12.1. The first kappa shape index (κ1) is 15.3. The van der Waals surface area contributed by atoms with Gasteiger partial charge in [-0.15, -0.1) is 0 Å². The van der Waals surface area contributed by atoms with Crippen molar-refractivity contribution in [1.82, 2.24) is 10.2 Å². The highest BCUT2D eigenvalue weighted by molar-refractivity contribution is 5.74. The third-order valence-electron chi connectivity index (χ3n) is 3.04. The number of benzene rings is 1. The second-order valence-electron chi connectivity index (χ2n) is 4.21. The highest BCUT2D eigenvalue weighted by Crippen LogP contribution is 2.17. The third kappa shape index (κ3) is 4.81. The van der Waals surface area contributed by atoms with Crippen LogP contribution in [0.1, 0.15) is 26.3 Å². The van der Waals surface area contributed by atoms with Crippen molar-refractivity contribution in [2.75, 3.05) is 26.2 Å². The number of rotatable bonds is 7. The fraction of sp³-hybridized carbons (Fsp3) is 0.533. The van der Waals surface area contributed by atoms with E-state index in [0.29, 0.717) is 13.2 Å². The van der Waals surface area contributed by atoms with E-state index in [1.807, 2.05) is 32.0 Å².